The molecule has 3 aromatic rings. The van der Waals surface area contributed by atoms with Crippen LogP contribution in [-0.2, 0) is 0 Å². The highest BCUT2D eigenvalue weighted by molar-refractivity contribution is 5.82. The van der Waals surface area contributed by atoms with Crippen molar-refractivity contribution in [2.75, 3.05) is 0 Å². The number of nitrogens with zero attached hydrogens (tertiary/aromatic N) is 3. The van der Waals surface area contributed by atoms with Gasteiger partial charge in [-0.1, -0.05) is 34.6 Å². The lowest BCUT2D eigenvalue weighted by Crippen LogP contribution is -2.16. The first kappa shape index (κ1) is 11.4. The zero-order chi connectivity index (χ0) is 13.4. The van der Waals surface area contributed by atoms with Crippen LogP contribution < -0.4 is 5.56 Å². The first-order chi connectivity index (χ1) is 9.18. The minimum Gasteiger partial charge on any atom is -0.506 e. The number of aromatic nitrogens is 3. The molecular weight excluding hydrogens is 242 g/mol. The number of rotatable bonds is 1. The molecule has 94 valence electrons. The summed E-state index contributed by atoms with van der Waals surface area (Å²) in [6.45, 7) is 1.89. The number of fused-ring (bicyclic) bond motifs is 1. The number of phenolic OH excluding ortho intramolecular Hbond substituents is 1. The van der Waals surface area contributed by atoms with Gasteiger partial charge in [-0.3, -0.25) is 4.79 Å². The lowest BCUT2D eigenvalue weighted by Gasteiger charge is -2.11. The van der Waals surface area contributed by atoms with Gasteiger partial charge in [-0.25, -0.2) is 4.68 Å². The number of aryl methyl sites for hydroxylation is 1. The second kappa shape index (κ2) is 4.20. The summed E-state index contributed by atoms with van der Waals surface area (Å²) in [7, 11) is 0. The first-order valence-corrected chi connectivity index (χ1v) is 5.82. The van der Waals surface area contributed by atoms with Gasteiger partial charge in [0, 0.05) is 0 Å². The minimum atomic E-state index is -0.370. The van der Waals surface area contributed by atoms with Gasteiger partial charge in [-0.2, -0.15) is 0 Å². The van der Waals surface area contributed by atoms with Crippen LogP contribution in [0.4, 0.5) is 0 Å². The maximum atomic E-state index is 11.7. The van der Waals surface area contributed by atoms with E-state index in [1.165, 1.54) is 4.68 Å². The summed E-state index contributed by atoms with van der Waals surface area (Å²) in [6, 6.07) is 12.2. The Morgan fingerprint density at radius 1 is 1.11 bits per heavy atom. The van der Waals surface area contributed by atoms with E-state index in [1.807, 2.05) is 13.0 Å². The third-order valence-electron chi connectivity index (χ3n) is 3.01. The molecule has 0 aliphatic rings. The lowest BCUT2D eigenvalue weighted by atomic mass is 10.1. The molecule has 0 atom stereocenters. The van der Waals surface area contributed by atoms with E-state index in [9.17, 15) is 9.90 Å². The van der Waals surface area contributed by atoms with Gasteiger partial charge < -0.3 is 5.11 Å². The van der Waals surface area contributed by atoms with E-state index in [1.54, 1.807) is 36.4 Å². The number of phenols is 1. The molecule has 0 unspecified atom stereocenters. The fourth-order valence-corrected chi connectivity index (χ4v) is 2.11. The van der Waals surface area contributed by atoms with Crippen LogP contribution in [0.3, 0.4) is 0 Å². The number of para-hydroxylation sites is 3. The second-order valence-corrected chi connectivity index (χ2v) is 4.27. The predicted molar refractivity (Wildman–Crippen MR) is 71.5 cm³/mol. The van der Waals surface area contributed by atoms with Crippen LogP contribution in [0.25, 0.3) is 16.6 Å². The van der Waals surface area contributed by atoms with Crippen LogP contribution >= 0.6 is 0 Å². The van der Waals surface area contributed by atoms with Crippen LogP contribution in [0.2, 0.25) is 0 Å². The Labute approximate surface area is 108 Å². The average molecular weight is 253 g/mol. The standard InChI is InChI=1S/C14H11N3O2/c1-9-5-4-6-10-13(9)17(16-15-14(10)19)11-7-2-3-8-12(11)18/h2-8,18H,1H3. The molecule has 1 heterocycles. The summed E-state index contributed by atoms with van der Waals surface area (Å²) in [5, 5.41) is 17.9. The number of hydrogen-bond donors (Lipinski definition) is 1. The third kappa shape index (κ3) is 1.76. The Balaban J connectivity index is 2.47. The monoisotopic (exact) mass is 253 g/mol. The van der Waals surface area contributed by atoms with E-state index in [-0.39, 0.29) is 11.3 Å². The summed E-state index contributed by atoms with van der Waals surface area (Å²) in [6.07, 6.45) is 0. The molecular formula is C14H11N3O2. The first-order valence-electron chi connectivity index (χ1n) is 5.82. The highest BCUT2D eigenvalue weighted by Gasteiger charge is 2.11. The summed E-state index contributed by atoms with van der Waals surface area (Å²) < 4.78 is 1.49. The van der Waals surface area contributed by atoms with E-state index >= 15 is 0 Å². The Morgan fingerprint density at radius 3 is 2.68 bits per heavy atom. The van der Waals surface area contributed by atoms with Crippen molar-refractivity contribution in [3.63, 3.8) is 0 Å². The van der Waals surface area contributed by atoms with E-state index in [2.05, 4.69) is 10.3 Å². The molecule has 5 nitrogen and oxygen atoms in total. The van der Waals surface area contributed by atoms with Gasteiger partial charge in [-0.15, -0.1) is 0 Å². The molecule has 1 aromatic heterocycles. The molecule has 0 saturated carbocycles. The van der Waals surface area contributed by atoms with Gasteiger partial charge in [0.05, 0.1) is 10.9 Å². The van der Waals surface area contributed by atoms with Gasteiger partial charge in [0.15, 0.2) is 0 Å². The quantitative estimate of drug-likeness (QED) is 0.718. The van der Waals surface area contributed by atoms with Crippen molar-refractivity contribution in [2.45, 2.75) is 6.92 Å². The van der Waals surface area contributed by atoms with Crippen LogP contribution in [-0.4, -0.2) is 20.1 Å². The molecule has 0 radical (unpaired) electrons. The van der Waals surface area contributed by atoms with Crippen LogP contribution in [0.5, 0.6) is 5.75 Å². The van der Waals surface area contributed by atoms with Gasteiger partial charge in [-0.05, 0) is 30.7 Å². The Kier molecular flexibility index (Phi) is 2.52. The van der Waals surface area contributed by atoms with E-state index in [0.717, 1.165) is 5.56 Å². The van der Waals surface area contributed by atoms with E-state index in [0.29, 0.717) is 16.6 Å². The molecule has 5 heteroatoms. The Morgan fingerprint density at radius 2 is 1.89 bits per heavy atom. The van der Waals surface area contributed by atoms with Gasteiger partial charge in [0.2, 0.25) is 0 Å². The summed E-state index contributed by atoms with van der Waals surface area (Å²) in [4.78, 5) is 11.7. The van der Waals surface area contributed by atoms with Crippen LogP contribution in [0.15, 0.2) is 47.3 Å². The van der Waals surface area contributed by atoms with Crippen molar-refractivity contribution < 1.29 is 5.11 Å². The molecule has 2 aromatic carbocycles. The zero-order valence-corrected chi connectivity index (χ0v) is 10.2. The largest absolute Gasteiger partial charge is 0.506 e. The van der Waals surface area contributed by atoms with Crippen LogP contribution in [0.1, 0.15) is 5.56 Å². The highest BCUT2D eigenvalue weighted by Crippen LogP contribution is 2.24. The smallest absolute Gasteiger partial charge is 0.299 e. The lowest BCUT2D eigenvalue weighted by molar-refractivity contribution is 0.469. The van der Waals surface area contributed by atoms with E-state index < -0.39 is 0 Å². The minimum absolute atomic E-state index is 0.0880. The van der Waals surface area contributed by atoms with Crippen LogP contribution in [0, 0.1) is 6.92 Å². The van der Waals surface area contributed by atoms with Gasteiger partial charge >= 0.3 is 0 Å². The molecule has 0 amide bonds. The molecule has 19 heavy (non-hydrogen) atoms. The number of benzene rings is 2. The molecule has 1 N–H and O–H groups in total. The molecule has 0 aliphatic heterocycles. The number of hydrogen-bond acceptors (Lipinski definition) is 4. The Bertz CT molecular complexity index is 824. The number of aromatic hydroxyl groups is 1. The molecule has 0 bridgehead atoms. The van der Waals surface area contributed by atoms with Gasteiger partial charge in [0.1, 0.15) is 11.4 Å². The van der Waals surface area contributed by atoms with Crippen molar-refractivity contribution in [3.05, 3.63) is 58.4 Å². The van der Waals surface area contributed by atoms with Crippen molar-refractivity contribution in [3.8, 4) is 11.4 Å². The maximum Gasteiger partial charge on any atom is 0.299 e. The average Bonchev–Trinajstić information content (AvgIpc) is 2.41. The van der Waals surface area contributed by atoms with Gasteiger partial charge in [0.25, 0.3) is 5.56 Å². The topological polar surface area (TPSA) is 68.0 Å². The van der Waals surface area contributed by atoms with Crippen molar-refractivity contribution >= 4 is 10.9 Å². The second-order valence-electron chi connectivity index (χ2n) is 4.27. The SMILES string of the molecule is Cc1cccc2c(=O)nnn(-c3ccccc3O)c12. The molecule has 0 saturated heterocycles. The third-order valence-corrected chi connectivity index (χ3v) is 3.01. The molecule has 0 spiro atoms. The summed E-state index contributed by atoms with van der Waals surface area (Å²) in [5.74, 6) is 0.0880. The fourth-order valence-electron chi connectivity index (χ4n) is 2.11. The van der Waals surface area contributed by atoms with E-state index in [4.69, 9.17) is 0 Å². The van der Waals surface area contributed by atoms with Crippen molar-refractivity contribution in [1.82, 2.24) is 15.0 Å². The van der Waals surface area contributed by atoms with Crippen molar-refractivity contribution in [1.29, 1.82) is 0 Å². The highest BCUT2D eigenvalue weighted by atomic mass is 16.3. The van der Waals surface area contributed by atoms with Crippen molar-refractivity contribution in [2.24, 2.45) is 0 Å². The molecule has 3 rings (SSSR count). The summed E-state index contributed by atoms with van der Waals surface area (Å²) in [5.41, 5.74) is 1.68. The Hall–Kier alpha value is -2.69. The summed E-state index contributed by atoms with van der Waals surface area (Å²) >= 11 is 0. The fraction of sp³-hybridized carbons (Fsp3) is 0.0714. The zero-order valence-electron chi connectivity index (χ0n) is 10.2. The molecule has 0 fully saturated rings. The predicted octanol–water partition coefficient (Wildman–Crippen LogP) is 1.79. The molecule has 0 aliphatic carbocycles. The normalized spacial score (nSPS) is 10.8. The maximum absolute atomic E-state index is 11.7.